The maximum Gasteiger partial charge on any atom is 0.0449 e. The first-order valence-electron chi connectivity index (χ1n) is 6.06. The molecule has 1 N–H and O–H groups in total. The Kier molecular flexibility index (Phi) is 3.01. The van der Waals surface area contributed by atoms with E-state index in [1.807, 2.05) is 0 Å². The van der Waals surface area contributed by atoms with Gasteiger partial charge in [0.15, 0.2) is 0 Å². The van der Waals surface area contributed by atoms with Crippen molar-refractivity contribution < 1.29 is 0 Å². The zero-order valence-electron chi connectivity index (χ0n) is 9.32. The van der Waals surface area contributed by atoms with Gasteiger partial charge in [-0.15, -0.1) is 0 Å². The predicted octanol–water partition coefficient (Wildman–Crippen LogP) is 2.56. The molecule has 1 saturated heterocycles. The average Bonchev–Trinajstić information content (AvgIpc) is 3.14. The lowest BCUT2D eigenvalue weighted by Crippen LogP contribution is -2.46. The Morgan fingerprint density at radius 1 is 1.19 bits per heavy atom. The van der Waals surface area contributed by atoms with Crippen LogP contribution in [-0.2, 0) is 0 Å². The summed E-state index contributed by atoms with van der Waals surface area (Å²) in [5.41, 5.74) is 1.41. The van der Waals surface area contributed by atoms with Gasteiger partial charge in [0.25, 0.3) is 0 Å². The van der Waals surface area contributed by atoms with Crippen LogP contribution in [0.15, 0.2) is 28.7 Å². The zero-order chi connectivity index (χ0) is 11.0. The number of halogens is 1. The highest BCUT2D eigenvalue weighted by Crippen LogP contribution is 2.30. The Labute approximate surface area is 105 Å². The van der Waals surface area contributed by atoms with Crippen LogP contribution in [0.4, 0.5) is 0 Å². The number of rotatable bonds is 2. The van der Waals surface area contributed by atoms with Crippen molar-refractivity contribution in [3.63, 3.8) is 0 Å². The van der Waals surface area contributed by atoms with Crippen molar-refractivity contribution in [2.75, 3.05) is 19.6 Å². The van der Waals surface area contributed by atoms with Crippen LogP contribution in [0.25, 0.3) is 0 Å². The van der Waals surface area contributed by atoms with Crippen molar-refractivity contribution in [2.45, 2.75) is 24.9 Å². The summed E-state index contributed by atoms with van der Waals surface area (Å²) in [6, 6.07) is 10.1. The number of hydrogen-bond donors (Lipinski definition) is 1. The molecule has 0 aromatic heterocycles. The van der Waals surface area contributed by atoms with E-state index in [1.165, 1.54) is 31.5 Å². The van der Waals surface area contributed by atoms with Gasteiger partial charge < -0.3 is 5.32 Å². The summed E-state index contributed by atoms with van der Waals surface area (Å²) >= 11 is 3.48. The van der Waals surface area contributed by atoms with E-state index < -0.39 is 0 Å². The maximum absolute atomic E-state index is 3.61. The Balaban J connectivity index is 1.71. The summed E-state index contributed by atoms with van der Waals surface area (Å²) in [5, 5.41) is 3.61. The summed E-state index contributed by atoms with van der Waals surface area (Å²) in [6.07, 6.45) is 2.82. The second-order valence-corrected chi connectivity index (χ2v) is 5.70. The third-order valence-corrected chi connectivity index (χ3v) is 4.07. The Bertz CT molecular complexity index is 359. The lowest BCUT2D eigenvalue weighted by Gasteiger charge is -2.34. The topological polar surface area (TPSA) is 15.3 Å². The van der Waals surface area contributed by atoms with Crippen molar-refractivity contribution in [2.24, 2.45) is 0 Å². The predicted molar refractivity (Wildman–Crippen MR) is 69.5 cm³/mol. The molecular formula is C13H17BrN2. The van der Waals surface area contributed by atoms with Crippen LogP contribution in [0.1, 0.15) is 24.4 Å². The van der Waals surface area contributed by atoms with Gasteiger partial charge in [0, 0.05) is 36.2 Å². The Morgan fingerprint density at radius 3 is 2.62 bits per heavy atom. The van der Waals surface area contributed by atoms with Crippen molar-refractivity contribution in [1.29, 1.82) is 0 Å². The molecule has 2 aliphatic rings. The van der Waals surface area contributed by atoms with Crippen molar-refractivity contribution in [1.82, 2.24) is 10.2 Å². The van der Waals surface area contributed by atoms with Gasteiger partial charge in [0.2, 0.25) is 0 Å². The zero-order valence-corrected chi connectivity index (χ0v) is 10.9. The highest BCUT2D eigenvalue weighted by molar-refractivity contribution is 9.10. The Morgan fingerprint density at radius 2 is 1.94 bits per heavy atom. The summed E-state index contributed by atoms with van der Waals surface area (Å²) in [6.45, 7) is 3.52. The number of piperazine rings is 1. The minimum Gasteiger partial charge on any atom is -0.308 e. The van der Waals surface area contributed by atoms with Gasteiger partial charge >= 0.3 is 0 Å². The van der Waals surface area contributed by atoms with Crippen molar-refractivity contribution in [3.8, 4) is 0 Å². The number of nitrogens with one attached hydrogen (secondary N) is 1. The van der Waals surface area contributed by atoms with E-state index in [-0.39, 0.29) is 0 Å². The second-order valence-electron chi connectivity index (χ2n) is 4.78. The SMILES string of the molecule is Brc1ccc([C@@H]2CN(C3CC3)CCN2)cc1. The van der Waals surface area contributed by atoms with E-state index in [2.05, 4.69) is 50.4 Å². The van der Waals surface area contributed by atoms with E-state index in [0.717, 1.165) is 17.1 Å². The molecule has 2 fully saturated rings. The number of benzene rings is 1. The Hall–Kier alpha value is -0.380. The van der Waals surface area contributed by atoms with Gasteiger partial charge in [-0.1, -0.05) is 28.1 Å². The smallest absolute Gasteiger partial charge is 0.0449 e. The van der Waals surface area contributed by atoms with Crippen LogP contribution in [0.3, 0.4) is 0 Å². The molecule has 0 bridgehead atoms. The van der Waals surface area contributed by atoms with Gasteiger partial charge in [-0.2, -0.15) is 0 Å². The number of nitrogens with zero attached hydrogens (tertiary/aromatic N) is 1. The average molecular weight is 281 g/mol. The van der Waals surface area contributed by atoms with Gasteiger partial charge in [-0.3, -0.25) is 4.90 Å². The fourth-order valence-corrected chi connectivity index (χ4v) is 2.73. The maximum atomic E-state index is 3.61. The van der Waals surface area contributed by atoms with Crippen LogP contribution in [0.2, 0.25) is 0 Å². The molecule has 0 radical (unpaired) electrons. The molecule has 1 aromatic carbocycles. The fraction of sp³-hybridized carbons (Fsp3) is 0.538. The third kappa shape index (κ3) is 2.31. The molecule has 0 amide bonds. The summed E-state index contributed by atoms with van der Waals surface area (Å²) in [4.78, 5) is 2.64. The summed E-state index contributed by atoms with van der Waals surface area (Å²) in [5.74, 6) is 0. The normalized spacial score (nSPS) is 26.9. The van der Waals surface area contributed by atoms with E-state index >= 15 is 0 Å². The van der Waals surface area contributed by atoms with Gasteiger partial charge in [-0.25, -0.2) is 0 Å². The lowest BCUT2D eigenvalue weighted by molar-refractivity contribution is 0.192. The molecule has 0 unspecified atom stereocenters. The molecule has 0 spiro atoms. The molecule has 1 aliphatic carbocycles. The molecular weight excluding hydrogens is 264 g/mol. The molecule has 1 heterocycles. The first-order chi connectivity index (χ1) is 7.83. The standard InChI is InChI=1S/C13H17BrN2/c14-11-3-1-10(2-4-11)13-9-16(8-7-15-13)12-5-6-12/h1-4,12-13,15H,5-9H2/t13-/m0/s1. The van der Waals surface area contributed by atoms with E-state index in [4.69, 9.17) is 0 Å². The second kappa shape index (κ2) is 4.47. The molecule has 1 atom stereocenters. The lowest BCUT2D eigenvalue weighted by atomic mass is 10.0. The molecule has 1 aliphatic heterocycles. The minimum atomic E-state index is 0.516. The van der Waals surface area contributed by atoms with Crippen LogP contribution >= 0.6 is 15.9 Å². The van der Waals surface area contributed by atoms with Gasteiger partial charge in [0.05, 0.1) is 0 Å². The summed E-state index contributed by atoms with van der Waals surface area (Å²) in [7, 11) is 0. The fourth-order valence-electron chi connectivity index (χ4n) is 2.46. The molecule has 1 aromatic rings. The molecule has 1 saturated carbocycles. The minimum absolute atomic E-state index is 0.516. The first kappa shape index (κ1) is 10.8. The summed E-state index contributed by atoms with van der Waals surface area (Å²) < 4.78 is 1.16. The molecule has 86 valence electrons. The molecule has 3 rings (SSSR count). The van der Waals surface area contributed by atoms with Crippen LogP contribution < -0.4 is 5.32 Å². The highest BCUT2D eigenvalue weighted by Gasteiger charge is 2.32. The quantitative estimate of drug-likeness (QED) is 0.896. The van der Waals surface area contributed by atoms with Crippen molar-refractivity contribution >= 4 is 15.9 Å². The monoisotopic (exact) mass is 280 g/mol. The molecule has 16 heavy (non-hydrogen) atoms. The number of hydrogen-bond acceptors (Lipinski definition) is 2. The van der Waals surface area contributed by atoms with Crippen LogP contribution in [0, 0.1) is 0 Å². The third-order valence-electron chi connectivity index (χ3n) is 3.54. The van der Waals surface area contributed by atoms with Crippen LogP contribution in [-0.4, -0.2) is 30.6 Å². The molecule has 3 heteroatoms. The van der Waals surface area contributed by atoms with Crippen LogP contribution in [0.5, 0.6) is 0 Å². The van der Waals surface area contributed by atoms with Crippen molar-refractivity contribution in [3.05, 3.63) is 34.3 Å². The van der Waals surface area contributed by atoms with E-state index in [9.17, 15) is 0 Å². The van der Waals surface area contributed by atoms with E-state index in [1.54, 1.807) is 0 Å². The van der Waals surface area contributed by atoms with Gasteiger partial charge in [0.1, 0.15) is 0 Å². The highest BCUT2D eigenvalue weighted by atomic mass is 79.9. The largest absolute Gasteiger partial charge is 0.308 e. The molecule has 2 nitrogen and oxygen atoms in total. The first-order valence-corrected chi connectivity index (χ1v) is 6.85. The van der Waals surface area contributed by atoms with Gasteiger partial charge in [-0.05, 0) is 30.5 Å². The van der Waals surface area contributed by atoms with E-state index in [0.29, 0.717) is 6.04 Å².